The number of likely N-dealkylation sites (tertiary alicyclic amines) is 1. The molecule has 10 heteroatoms. The fraction of sp³-hybridized carbons (Fsp3) is 0.452. The third kappa shape index (κ3) is 6.33. The lowest BCUT2D eigenvalue weighted by Crippen LogP contribution is -2.48. The smallest absolute Gasteiger partial charge is 0.273 e. The van der Waals surface area contributed by atoms with Gasteiger partial charge in [0.15, 0.2) is 18.1 Å². The number of hydrogen-bond acceptors (Lipinski definition) is 8. The standard InChI is InChI=1S/C31H36N4O5S/c1-21-3-5-25(15-22(21)2)38-18-29(36)34-9-7-24(8-10-34)30-32-26(19-41-30)31(37)35-13-11-33(12-14-35)17-23-4-6-27-28(16-23)40-20-39-27/h3-6,15-16,19,24H,7-14,17-18,20H2,1-2H3. The SMILES string of the molecule is Cc1ccc(OCC(=O)N2CCC(c3nc(C(=O)N4CCN(Cc5ccc6c(c5)OCO6)CC4)cs3)CC2)cc1C. The number of piperidine rings is 1. The molecule has 3 aromatic rings. The fourth-order valence-corrected chi connectivity index (χ4v) is 6.52. The van der Waals surface area contributed by atoms with Crippen LogP contribution >= 0.6 is 11.3 Å². The zero-order valence-corrected chi connectivity index (χ0v) is 24.5. The molecule has 0 bridgehead atoms. The zero-order chi connectivity index (χ0) is 28.3. The van der Waals surface area contributed by atoms with Crippen molar-refractivity contribution in [2.75, 3.05) is 52.7 Å². The average molecular weight is 577 g/mol. The summed E-state index contributed by atoms with van der Waals surface area (Å²) in [5.41, 5.74) is 4.07. The normalized spacial score (nSPS) is 17.6. The second kappa shape index (κ2) is 12.1. The lowest BCUT2D eigenvalue weighted by atomic mass is 9.97. The minimum absolute atomic E-state index is 0.00587. The van der Waals surface area contributed by atoms with E-state index in [1.807, 2.05) is 52.4 Å². The van der Waals surface area contributed by atoms with Gasteiger partial charge < -0.3 is 24.0 Å². The van der Waals surface area contributed by atoms with Crippen LogP contribution in [0.2, 0.25) is 0 Å². The highest BCUT2D eigenvalue weighted by molar-refractivity contribution is 7.09. The molecule has 0 spiro atoms. The van der Waals surface area contributed by atoms with E-state index < -0.39 is 0 Å². The Bertz CT molecular complexity index is 1410. The number of piperazine rings is 1. The van der Waals surface area contributed by atoms with Crippen LogP contribution in [0.3, 0.4) is 0 Å². The monoisotopic (exact) mass is 576 g/mol. The lowest BCUT2D eigenvalue weighted by Gasteiger charge is -2.34. The molecule has 0 radical (unpaired) electrons. The van der Waals surface area contributed by atoms with Gasteiger partial charge in [-0.2, -0.15) is 0 Å². The molecule has 0 aliphatic carbocycles. The topological polar surface area (TPSA) is 84.4 Å². The summed E-state index contributed by atoms with van der Waals surface area (Å²) in [5, 5.41) is 2.89. The number of carbonyl (C=O) groups excluding carboxylic acids is 2. The van der Waals surface area contributed by atoms with Crippen LogP contribution in [0.4, 0.5) is 0 Å². The molecule has 2 amide bonds. The van der Waals surface area contributed by atoms with Gasteiger partial charge in [0.2, 0.25) is 6.79 Å². The molecule has 0 saturated carbocycles. The largest absolute Gasteiger partial charge is 0.484 e. The summed E-state index contributed by atoms with van der Waals surface area (Å²) in [6.07, 6.45) is 1.68. The highest BCUT2D eigenvalue weighted by Crippen LogP contribution is 2.33. The molecule has 9 nitrogen and oxygen atoms in total. The van der Waals surface area contributed by atoms with Crippen molar-refractivity contribution in [1.29, 1.82) is 0 Å². The van der Waals surface area contributed by atoms with Crippen molar-refractivity contribution in [3.05, 3.63) is 69.2 Å². The Morgan fingerprint density at radius 2 is 1.71 bits per heavy atom. The number of fused-ring (bicyclic) bond motifs is 1. The third-order valence-electron chi connectivity index (χ3n) is 8.28. The first-order chi connectivity index (χ1) is 19.9. The van der Waals surface area contributed by atoms with E-state index in [9.17, 15) is 9.59 Å². The van der Waals surface area contributed by atoms with Crippen LogP contribution in [0.5, 0.6) is 17.2 Å². The maximum Gasteiger partial charge on any atom is 0.273 e. The Labute approximate surface area is 244 Å². The quantitative estimate of drug-likeness (QED) is 0.416. The molecule has 2 saturated heterocycles. The van der Waals surface area contributed by atoms with Crippen LogP contribution in [-0.4, -0.2) is 84.2 Å². The van der Waals surface area contributed by atoms with Gasteiger partial charge >= 0.3 is 0 Å². The number of ether oxygens (including phenoxy) is 3. The number of benzene rings is 2. The molecule has 3 aliphatic rings. The number of aromatic nitrogens is 1. The van der Waals surface area contributed by atoms with Gasteiger partial charge in [0, 0.05) is 57.1 Å². The van der Waals surface area contributed by atoms with Crippen LogP contribution in [0.25, 0.3) is 0 Å². The Morgan fingerprint density at radius 1 is 0.927 bits per heavy atom. The van der Waals surface area contributed by atoms with Gasteiger partial charge in [0.1, 0.15) is 11.4 Å². The highest BCUT2D eigenvalue weighted by atomic mass is 32.1. The molecule has 2 aromatic carbocycles. The number of rotatable bonds is 7. The summed E-state index contributed by atoms with van der Waals surface area (Å²) in [6.45, 7) is 9.59. The Hall–Kier alpha value is -3.63. The molecule has 2 fully saturated rings. The molecular weight excluding hydrogens is 540 g/mol. The summed E-state index contributed by atoms with van der Waals surface area (Å²) in [5.74, 6) is 2.60. The van der Waals surface area contributed by atoms with Crippen LogP contribution < -0.4 is 14.2 Å². The molecule has 216 valence electrons. The Morgan fingerprint density at radius 3 is 2.49 bits per heavy atom. The molecular formula is C31H36N4O5S. The van der Waals surface area contributed by atoms with Gasteiger partial charge in [0.05, 0.1) is 5.01 Å². The van der Waals surface area contributed by atoms with Gasteiger partial charge in [-0.05, 0) is 67.6 Å². The number of carbonyl (C=O) groups is 2. The van der Waals surface area contributed by atoms with Gasteiger partial charge in [-0.3, -0.25) is 14.5 Å². The predicted octanol–water partition coefficient (Wildman–Crippen LogP) is 4.23. The minimum Gasteiger partial charge on any atom is -0.484 e. The molecule has 4 heterocycles. The van der Waals surface area contributed by atoms with E-state index in [0.717, 1.165) is 60.3 Å². The summed E-state index contributed by atoms with van der Waals surface area (Å²) in [6, 6.07) is 12.0. The van der Waals surface area contributed by atoms with Crippen molar-refractivity contribution in [3.8, 4) is 17.2 Å². The first kappa shape index (κ1) is 27.5. The minimum atomic E-state index is 0.00587. The maximum absolute atomic E-state index is 13.2. The van der Waals surface area contributed by atoms with Crippen LogP contribution in [0.1, 0.15) is 50.9 Å². The summed E-state index contributed by atoms with van der Waals surface area (Å²) in [7, 11) is 0. The molecule has 3 aliphatic heterocycles. The van der Waals surface area contributed by atoms with E-state index in [1.54, 1.807) is 11.3 Å². The summed E-state index contributed by atoms with van der Waals surface area (Å²) >= 11 is 1.56. The van der Waals surface area contributed by atoms with E-state index >= 15 is 0 Å². The Kier molecular flexibility index (Phi) is 8.11. The van der Waals surface area contributed by atoms with E-state index in [2.05, 4.69) is 17.9 Å². The zero-order valence-electron chi connectivity index (χ0n) is 23.6. The van der Waals surface area contributed by atoms with Crippen molar-refractivity contribution in [1.82, 2.24) is 19.7 Å². The van der Waals surface area contributed by atoms with E-state index in [1.165, 1.54) is 11.1 Å². The van der Waals surface area contributed by atoms with E-state index in [4.69, 9.17) is 19.2 Å². The second-order valence-electron chi connectivity index (χ2n) is 11.0. The number of nitrogens with zero attached hydrogens (tertiary/aromatic N) is 4. The summed E-state index contributed by atoms with van der Waals surface area (Å²) < 4.78 is 16.7. The van der Waals surface area contributed by atoms with Gasteiger partial charge in [0.25, 0.3) is 11.8 Å². The van der Waals surface area contributed by atoms with Gasteiger partial charge in [-0.1, -0.05) is 12.1 Å². The van der Waals surface area contributed by atoms with Crippen LogP contribution in [-0.2, 0) is 11.3 Å². The predicted molar refractivity (Wildman–Crippen MR) is 156 cm³/mol. The van der Waals surface area contributed by atoms with Crippen molar-refractivity contribution >= 4 is 23.2 Å². The highest BCUT2D eigenvalue weighted by Gasteiger charge is 2.29. The van der Waals surface area contributed by atoms with Gasteiger partial charge in [-0.15, -0.1) is 11.3 Å². The number of hydrogen-bond donors (Lipinski definition) is 0. The molecule has 0 unspecified atom stereocenters. The molecule has 1 aromatic heterocycles. The number of thiazole rings is 1. The molecule has 41 heavy (non-hydrogen) atoms. The van der Waals surface area contributed by atoms with Crippen molar-refractivity contribution in [3.63, 3.8) is 0 Å². The average Bonchev–Trinajstić information content (AvgIpc) is 3.68. The number of amides is 2. The second-order valence-corrected chi connectivity index (χ2v) is 11.9. The fourth-order valence-electron chi connectivity index (χ4n) is 5.56. The molecule has 6 rings (SSSR count). The lowest BCUT2D eigenvalue weighted by molar-refractivity contribution is -0.134. The first-order valence-corrected chi connectivity index (χ1v) is 15.1. The number of aryl methyl sites for hydroxylation is 2. The van der Waals surface area contributed by atoms with Crippen molar-refractivity contribution in [2.24, 2.45) is 0 Å². The Balaban J connectivity index is 0.950. The van der Waals surface area contributed by atoms with Gasteiger partial charge in [-0.25, -0.2) is 4.98 Å². The summed E-state index contributed by atoms with van der Waals surface area (Å²) in [4.78, 5) is 36.8. The molecule has 0 N–H and O–H groups in total. The van der Waals surface area contributed by atoms with Crippen molar-refractivity contribution in [2.45, 2.75) is 39.2 Å². The van der Waals surface area contributed by atoms with Crippen molar-refractivity contribution < 1.29 is 23.8 Å². The maximum atomic E-state index is 13.2. The third-order valence-corrected chi connectivity index (χ3v) is 9.29. The molecule has 0 atom stereocenters. The van der Waals surface area contributed by atoms with Crippen LogP contribution in [0, 0.1) is 13.8 Å². The van der Waals surface area contributed by atoms with E-state index in [0.29, 0.717) is 31.9 Å². The van der Waals surface area contributed by atoms with E-state index in [-0.39, 0.29) is 31.1 Å². The first-order valence-electron chi connectivity index (χ1n) is 14.3. The van der Waals surface area contributed by atoms with Crippen LogP contribution in [0.15, 0.2) is 41.8 Å².